The number of anilines is 1. The lowest BCUT2D eigenvalue weighted by Crippen LogP contribution is -2.01. The summed E-state index contributed by atoms with van der Waals surface area (Å²) in [6.07, 6.45) is 0.775. The largest absolute Gasteiger partial charge is 0.497 e. The first-order chi connectivity index (χ1) is 7.26. The number of methoxy groups -OCH3 is 1. The highest BCUT2D eigenvalue weighted by atomic mass is 35.5. The highest BCUT2D eigenvalue weighted by Crippen LogP contribution is 2.32. The first-order valence-electron chi connectivity index (χ1n) is 4.74. The second kappa shape index (κ2) is 6.95. The summed E-state index contributed by atoms with van der Waals surface area (Å²) >= 11 is 0. The maximum Gasteiger partial charge on any atom is 0.152 e. The molecule has 0 spiro atoms. The lowest BCUT2D eigenvalue weighted by Gasteiger charge is -2.13. The topological polar surface area (TPSA) is 47.6 Å². The Morgan fingerprint density at radius 1 is 1.44 bits per heavy atom. The number of hydrogen-bond acceptors (Lipinski definition) is 4. The molecule has 0 aromatic heterocycles. The number of nitrogens with one attached hydrogen (secondary N) is 1. The third kappa shape index (κ3) is 3.03. The maximum absolute atomic E-state index is 10.9. The van der Waals surface area contributed by atoms with Gasteiger partial charge in [-0.2, -0.15) is 0 Å². The van der Waals surface area contributed by atoms with Crippen LogP contribution in [0.15, 0.2) is 12.1 Å². The Bertz CT molecular complexity index is 355. The van der Waals surface area contributed by atoms with Crippen LogP contribution in [-0.2, 0) is 0 Å². The van der Waals surface area contributed by atoms with Gasteiger partial charge in [-0.15, -0.1) is 12.4 Å². The summed E-state index contributed by atoms with van der Waals surface area (Å²) < 4.78 is 10.5. The van der Waals surface area contributed by atoms with Gasteiger partial charge in [0.1, 0.15) is 11.5 Å². The summed E-state index contributed by atoms with van der Waals surface area (Å²) in [5.74, 6) is 1.24. The van der Waals surface area contributed by atoms with Gasteiger partial charge in [0.15, 0.2) is 6.29 Å². The number of carbonyl (C=O) groups excluding carboxylic acids is 1. The van der Waals surface area contributed by atoms with Crippen molar-refractivity contribution in [3.63, 3.8) is 0 Å². The van der Waals surface area contributed by atoms with Crippen LogP contribution in [0.2, 0.25) is 0 Å². The average Bonchev–Trinajstić information content (AvgIpc) is 2.28. The molecule has 0 aliphatic rings. The quantitative estimate of drug-likeness (QED) is 0.809. The van der Waals surface area contributed by atoms with Crippen molar-refractivity contribution >= 4 is 24.4 Å². The van der Waals surface area contributed by atoms with E-state index < -0.39 is 0 Å². The molecule has 0 fully saturated rings. The van der Waals surface area contributed by atoms with Crippen molar-refractivity contribution in [1.29, 1.82) is 0 Å². The zero-order valence-electron chi connectivity index (χ0n) is 9.57. The Kier molecular flexibility index (Phi) is 6.34. The van der Waals surface area contributed by atoms with E-state index >= 15 is 0 Å². The third-order valence-corrected chi connectivity index (χ3v) is 2.02. The first kappa shape index (κ1) is 14.6. The fourth-order valence-corrected chi connectivity index (χ4v) is 1.36. The van der Waals surface area contributed by atoms with Gasteiger partial charge in [0.2, 0.25) is 0 Å². The molecule has 1 aromatic carbocycles. The summed E-state index contributed by atoms with van der Waals surface area (Å²) in [5.41, 5.74) is 1.22. The van der Waals surface area contributed by atoms with Gasteiger partial charge in [-0.1, -0.05) is 0 Å². The molecule has 0 saturated carbocycles. The Labute approximate surface area is 101 Å². The summed E-state index contributed by atoms with van der Waals surface area (Å²) in [7, 11) is 3.30. The highest BCUT2D eigenvalue weighted by Gasteiger charge is 2.10. The number of aldehydes is 1. The van der Waals surface area contributed by atoms with Crippen LogP contribution in [0.4, 0.5) is 5.69 Å². The Morgan fingerprint density at radius 3 is 2.56 bits per heavy atom. The van der Waals surface area contributed by atoms with Gasteiger partial charge < -0.3 is 14.8 Å². The Morgan fingerprint density at radius 2 is 2.12 bits per heavy atom. The summed E-state index contributed by atoms with van der Waals surface area (Å²) in [5, 5.41) is 2.94. The van der Waals surface area contributed by atoms with E-state index in [-0.39, 0.29) is 12.4 Å². The normalized spacial score (nSPS) is 8.94. The Balaban J connectivity index is 0.00000225. The molecule has 0 unspecified atom stereocenters. The van der Waals surface area contributed by atoms with Crippen LogP contribution in [0.1, 0.15) is 17.3 Å². The fraction of sp³-hybridized carbons (Fsp3) is 0.364. The number of carbonyl (C=O) groups is 1. The second-order valence-corrected chi connectivity index (χ2v) is 2.89. The van der Waals surface area contributed by atoms with Crippen LogP contribution >= 0.6 is 12.4 Å². The molecule has 5 heteroatoms. The molecule has 0 aliphatic heterocycles. The molecule has 0 radical (unpaired) electrons. The first-order valence-corrected chi connectivity index (χ1v) is 4.74. The van der Waals surface area contributed by atoms with E-state index in [2.05, 4.69) is 5.32 Å². The Hall–Kier alpha value is -1.42. The molecule has 16 heavy (non-hydrogen) atoms. The van der Waals surface area contributed by atoms with Crippen LogP contribution in [0, 0.1) is 0 Å². The zero-order chi connectivity index (χ0) is 11.3. The molecule has 0 aliphatic carbocycles. The van der Waals surface area contributed by atoms with E-state index in [9.17, 15) is 4.79 Å². The fourth-order valence-electron chi connectivity index (χ4n) is 1.36. The summed E-state index contributed by atoms with van der Waals surface area (Å²) in [6.45, 7) is 2.43. The van der Waals surface area contributed by atoms with Gasteiger partial charge in [-0.3, -0.25) is 4.79 Å². The molecule has 0 bridgehead atoms. The van der Waals surface area contributed by atoms with Gasteiger partial charge in [-0.05, 0) is 13.0 Å². The lowest BCUT2D eigenvalue weighted by molar-refractivity contribution is 0.112. The number of hydrogen-bond donors (Lipinski definition) is 1. The average molecular weight is 246 g/mol. The molecule has 90 valence electrons. The summed E-state index contributed by atoms with van der Waals surface area (Å²) in [4.78, 5) is 10.9. The van der Waals surface area contributed by atoms with Gasteiger partial charge in [0.25, 0.3) is 0 Å². The molecule has 0 heterocycles. The second-order valence-electron chi connectivity index (χ2n) is 2.89. The summed E-state index contributed by atoms with van der Waals surface area (Å²) in [6, 6.07) is 3.42. The van der Waals surface area contributed by atoms with E-state index in [1.807, 2.05) is 6.92 Å². The minimum Gasteiger partial charge on any atom is -0.497 e. The van der Waals surface area contributed by atoms with Crippen LogP contribution in [0.25, 0.3) is 0 Å². The van der Waals surface area contributed by atoms with Crippen molar-refractivity contribution in [3.05, 3.63) is 17.7 Å². The maximum atomic E-state index is 10.9. The molecular weight excluding hydrogens is 230 g/mol. The van der Waals surface area contributed by atoms with E-state index in [0.717, 1.165) is 6.29 Å². The minimum absolute atomic E-state index is 0. The van der Waals surface area contributed by atoms with Crippen molar-refractivity contribution < 1.29 is 14.3 Å². The lowest BCUT2D eigenvalue weighted by atomic mass is 10.1. The third-order valence-electron chi connectivity index (χ3n) is 2.02. The molecule has 1 rings (SSSR count). The molecule has 1 N–H and O–H groups in total. The van der Waals surface area contributed by atoms with Gasteiger partial charge in [0.05, 0.1) is 19.4 Å². The predicted octanol–water partition coefficient (Wildman–Crippen LogP) is 2.37. The SMILES string of the molecule is CCOc1cc(OC)cc(C=O)c1NC.Cl. The smallest absolute Gasteiger partial charge is 0.152 e. The number of benzene rings is 1. The molecule has 0 saturated heterocycles. The monoisotopic (exact) mass is 245 g/mol. The van der Waals surface area contributed by atoms with Crippen molar-refractivity contribution in [2.45, 2.75) is 6.92 Å². The number of halogens is 1. The zero-order valence-corrected chi connectivity index (χ0v) is 10.4. The van der Waals surface area contributed by atoms with Crippen molar-refractivity contribution in [2.24, 2.45) is 0 Å². The minimum atomic E-state index is 0. The molecule has 0 atom stereocenters. The number of ether oxygens (including phenoxy) is 2. The van der Waals surface area contributed by atoms with Crippen molar-refractivity contribution in [3.8, 4) is 11.5 Å². The molecular formula is C11H16ClNO3. The standard InChI is InChI=1S/C11H15NO3.ClH/c1-4-15-10-6-9(14-3)5-8(7-13)11(10)12-2;/h5-7,12H,4H2,1-3H3;1H. The molecule has 1 aromatic rings. The molecule has 0 amide bonds. The van der Waals surface area contributed by atoms with E-state index in [0.29, 0.717) is 29.4 Å². The van der Waals surface area contributed by atoms with E-state index in [1.54, 1.807) is 26.3 Å². The van der Waals surface area contributed by atoms with Crippen LogP contribution in [0.3, 0.4) is 0 Å². The van der Waals surface area contributed by atoms with Gasteiger partial charge in [0, 0.05) is 18.7 Å². The highest BCUT2D eigenvalue weighted by molar-refractivity contribution is 5.88. The van der Waals surface area contributed by atoms with Crippen molar-refractivity contribution in [1.82, 2.24) is 0 Å². The van der Waals surface area contributed by atoms with Gasteiger partial charge in [-0.25, -0.2) is 0 Å². The number of rotatable bonds is 5. The van der Waals surface area contributed by atoms with Crippen LogP contribution in [-0.4, -0.2) is 27.1 Å². The van der Waals surface area contributed by atoms with Crippen molar-refractivity contribution in [2.75, 3.05) is 26.1 Å². The van der Waals surface area contributed by atoms with Gasteiger partial charge >= 0.3 is 0 Å². The van der Waals surface area contributed by atoms with E-state index in [1.165, 1.54) is 0 Å². The van der Waals surface area contributed by atoms with Crippen LogP contribution < -0.4 is 14.8 Å². The molecule has 4 nitrogen and oxygen atoms in total. The van der Waals surface area contributed by atoms with Crippen LogP contribution in [0.5, 0.6) is 11.5 Å². The predicted molar refractivity (Wildman–Crippen MR) is 66.3 cm³/mol. The van der Waals surface area contributed by atoms with E-state index in [4.69, 9.17) is 9.47 Å².